The molecule has 0 bridgehead atoms. The number of hydrogen-bond acceptors (Lipinski definition) is 6. The van der Waals surface area contributed by atoms with Crippen molar-refractivity contribution in [1.29, 1.82) is 0 Å². The highest BCUT2D eigenvalue weighted by molar-refractivity contribution is 7.99. The van der Waals surface area contributed by atoms with Crippen molar-refractivity contribution in [3.63, 3.8) is 0 Å². The predicted molar refractivity (Wildman–Crippen MR) is 103 cm³/mol. The van der Waals surface area contributed by atoms with E-state index in [1.165, 1.54) is 23.7 Å². The molecule has 0 radical (unpaired) electrons. The van der Waals surface area contributed by atoms with Crippen LogP contribution < -0.4 is 15.8 Å². The van der Waals surface area contributed by atoms with Gasteiger partial charge in [0.1, 0.15) is 22.8 Å². The van der Waals surface area contributed by atoms with Gasteiger partial charge in [-0.1, -0.05) is 41.6 Å². The minimum Gasteiger partial charge on any atom is -0.492 e. The number of anilines is 3. The summed E-state index contributed by atoms with van der Waals surface area (Å²) in [6.45, 7) is 4.60. The van der Waals surface area contributed by atoms with E-state index in [9.17, 15) is 0 Å². The number of rotatable bonds is 6. The fourth-order valence-electron chi connectivity index (χ4n) is 2.26. The van der Waals surface area contributed by atoms with Crippen molar-refractivity contribution in [1.82, 2.24) is 9.97 Å². The molecule has 0 aliphatic heterocycles. The van der Waals surface area contributed by atoms with Crippen LogP contribution in [-0.4, -0.2) is 16.6 Å². The van der Waals surface area contributed by atoms with E-state index in [0.29, 0.717) is 18.1 Å². The quantitative estimate of drug-likeness (QED) is 0.629. The maximum atomic E-state index is 6.28. The first-order valence-corrected chi connectivity index (χ1v) is 8.83. The Kier molecular flexibility index (Phi) is 5.40. The largest absolute Gasteiger partial charge is 0.492 e. The Morgan fingerprint density at radius 2 is 1.84 bits per heavy atom. The van der Waals surface area contributed by atoms with Crippen LogP contribution in [0, 0.1) is 6.92 Å². The second-order valence-electron chi connectivity index (χ2n) is 5.41. The number of nitrogen functional groups attached to an aromatic ring is 1. The van der Waals surface area contributed by atoms with Gasteiger partial charge < -0.3 is 15.8 Å². The molecule has 128 valence electrons. The molecule has 25 heavy (non-hydrogen) atoms. The summed E-state index contributed by atoms with van der Waals surface area (Å²) in [6.07, 6.45) is 1.51. The lowest BCUT2D eigenvalue weighted by Crippen LogP contribution is -2.04. The van der Waals surface area contributed by atoms with E-state index in [1.807, 2.05) is 31.2 Å². The zero-order chi connectivity index (χ0) is 17.6. The first-order chi connectivity index (χ1) is 12.2. The average molecular weight is 352 g/mol. The molecular formula is C19H20N4OS. The van der Waals surface area contributed by atoms with E-state index in [1.54, 1.807) is 0 Å². The van der Waals surface area contributed by atoms with Crippen LogP contribution in [0.1, 0.15) is 12.5 Å². The number of ether oxygens (including phenoxy) is 1. The molecule has 1 aromatic heterocycles. The minimum atomic E-state index is 0.513. The van der Waals surface area contributed by atoms with Gasteiger partial charge >= 0.3 is 0 Å². The molecule has 0 unspecified atom stereocenters. The molecule has 6 heteroatoms. The summed E-state index contributed by atoms with van der Waals surface area (Å²) in [5.74, 6) is 1.33. The number of benzene rings is 2. The number of nitrogens with two attached hydrogens (primary N) is 1. The number of para-hydroxylation sites is 2. The van der Waals surface area contributed by atoms with E-state index in [-0.39, 0.29) is 0 Å². The molecule has 0 saturated carbocycles. The summed E-state index contributed by atoms with van der Waals surface area (Å²) in [6, 6.07) is 15.9. The Labute approximate surface area is 151 Å². The van der Waals surface area contributed by atoms with E-state index >= 15 is 0 Å². The second kappa shape index (κ2) is 7.90. The second-order valence-corrected chi connectivity index (χ2v) is 6.47. The van der Waals surface area contributed by atoms with Gasteiger partial charge in [0.05, 0.1) is 12.3 Å². The highest BCUT2D eigenvalue weighted by Crippen LogP contribution is 2.35. The van der Waals surface area contributed by atoms with E-state index in [0.717, 1.165) is 21.4 Å². The van der Waals surface area contributed by atoms with Crippen LogP contribution in [0.15, 0.2) is 64.8 Å². The lowest BCUT2D eigenvalue weighted by atomic mass is 10.2. The van der Waals surface area contributed by atoms with Gasteiger partial charge in [-0.05, 0) is 38.1 Å². The molecule has 3 rings (SSSR count). The monoisotopic (exact) mass is 352 g/mol. The third-order valence-corrected chi connectivity index (χ3v) is 4.55. The zero-order valence-corrected chi connectivity index (χ0v) is 15.0. The summed E-state index contributed by atoms with van der Waals surface area (Å²) >= 11 is 1.51. The van der Waals surface area contributed by atoms with E-state index in [2.05, 4.69) is 46.5 Å². The molecule has 5 nitrogen and oxygen atoms in total. The highest BCUT2D eigenvalue weighted by Gasteiger charge is 2.12. The van der Waals surface area contributed by atoms with Gasteiger partial charge in [0.25, 0.3) is 0 Å². The topological polar surface area (TPSA) is 73.1 Å². The van der Waals surface area contributed by atoms with Gasteiger partial charge in [-0.15, -0.1) is 0 Å². The molecule has 1 heterocycles. The fourth-order valence-corrected chi connectivity index (χ4v) is 3.06. The van der Waals surface area contributed by atoms with Gasteiger partial charge in [-0.25, -0.2) is 9.97 Å². The van der Waals surface area contributed by atoms with Crippen LogP contribution >= 0.6 is 11.8 Å². The van der Waals surface area contributed by atoms with E-state index in [4.69, 9.17) is 10.5 Å². The lowest BCUT2D eigenvalue weighted by molar-refractivity contribution is 0.342. The Hall–Kier alpha value is -2.73. The number of nitrogens with one attached hydrogen (secondary N) is 1. The zero-order valence-electron chi connectivity index (χ0n) is 14.2. The van der Waals surface area contributed by atoms with Crippen LogP contribution in [0.5, 0.6) is 5.75 Å². The molecular weight excluding hydrogens is 332 g/mol. The molecule has 0 fully saturated rings. The van der Waals surface area contributed by atoms with Crippen molar-refractivity contribution in [2.45, 2.75) is 23.8 Å². The predicted octanol–water partition coefficient (Wildman–Crippen LogP) is 4.66. The molecule has 3 N–H and O–H groups in total. The van der Waals surface area contributed by atoms with Gasteiger partial charge in [-0.2, -0.15) is 0 Å². The molecule has 0 aliphatic rings. The van der Waals surface area contributed by atoms with Crippen LogP contribution in [0.25, 0.3) is 0 Å². The number of aromatic nitrogens is 2. The highest BCUT2D eigenvalue weighted by atomic mass is 32.2. The van der Waals surface area contributed by atoms with E-state index < -0.39 is 0 Å². The van der Waals surface area contributed by atoms with Crippen molar-refractivity contribution in [3.8, 4) is 5.75 Å². The summed E-state index contributed by atoms with van der Waals surface area (Å²) < 4.78 is 5.63. The Morgan fingerprint density at radius 3 is 2.60 bits per heavy atom. The Morgan fingerprint density at radius 1 is 1.08 bits per heavy atom. The van der Waals surface area contributed by atoms with Crippen LogP contribution in [-0.2, 0) is 0 Å². The van der Waals surface area contributed by atoms with Crippen LogP contribution in [0.3, 0.4) is 0 Å². The number of hydrogen-bond donors (Lipinski definition) is 2. The number of nitrogens with zero attached hydrogens (tertiary/aromatic N) is 2. The number of aryl methyl sites for hydroxylation is 1. The Bertz CT molecular complexity index is 852. The third-order valence-electron chi connectivity index (χ3n) is 3.52. The summed E-state index contributed by atoms with van der Waals surface area (Å²) in [5, 5.41) is 3.96. The molecule has 3 aromatic rings. The summed E-state index contributed by atoms with van der Waals surface area (Å²) in [4.78, 5) is 9.67. The van der Waals surface area contributed by atoms with Gasteiger partial charge in [-0.3, -0.25) is 0 Å². The average Bonchev–Trinajstić information content (AvgIpc) is 2.62. The minimum absolute atomic E-state index is 0.513. The normalized spacial score (nSPS) is 10.5. The van der Waals surface area contributed by atoms with Crippen molar-refractivity contribution >= 4 is 29.0 Å². The SMILES string of the molecule is CCOc1ccccc1Nc1ncnc(Sc2ccc(C)cc2)c1N. The third kappa shape index (κ3) is 4.22. The summed E-state index contributed by atoms with van der Waals surface area (Å²) in [5.41, 5.74) is 8.84. The smallest absolute Gasteiger partial charge is 0.158 e. The van der Waals surface area contributed by atoms with Crippen LogP contribution in [0.2, 0.25) is 0 Å². The first-order valence-electron chi connectivity index (χ1n) is 8.01. The van der Waals surface area contributed by atoms with Crippen molar-refractivity contribution in [3.05, 3.63) is 60.4 Å². The lowest BCUT2D eigenvalue weighted by Gasteiger charge is -2.14. The Balaban J connectivity index is 1.85. The maximum Gasteiger partial charge on any atom is 0.158 e. The maximum absolute atomic E-state index is 6.28. The first kappa shape index (κ1) is 17.1. The molecule has 0 saturated heterocycles. The molecule has 0 spiro atoms. The summed E-state index contributed by atoms with van der Waals surface area (Å²) in [7, 11) is 0. The van der Waals surface area contributed by atoms with Gasteiger partial charge in [0.2, 0.25) is 0 Å². The van der Waals surface area contributed by atoms with Crippen molar-refractivity contribution in [2.75, 3.05) is 17.7 Å². The molecule has 0 aliphatic carbocycles. The fraction of sp³-hybridized carbons (Fsp3) is 0.158. The van der Waals surface area contributed by atoms with Gasteiger partial charge in [0.15, 0.2) is 5.82 Å². The molecule has 0 amide bonds. The standard InChI is InChI=1S/C19H20N4OS/c1-3-24-16-7-5-4-6-15(16)23-18-17(20)19(22-12-21-18)25-14-10-8-13(2)9-11-14/h4-12H,3,20H2,1-2H3,(H,21,22,23). The van der Waals surface area contributed by atoms with Crippen LogP contribution in [0.4, 0.5) is 17.2 Å². The van der Waals surface area contributed by atoms with Crippen molar-refractivity contribution in [2.24, 2.45) is 0 Å². The van der Waals surface area contributed by atoms with Crippen molar-refractivity contribution < 1.29 is 4.74 Å². The molecule has 2 aromatic carbocycles. The molecule has 0 atom stereocenters. The van der Waals surface area contributed by atoms with Gasteiger partial charge in [0, 0.05) is 4.90 Å².